The molecule has 0 aliphatic carbocycles. The molecule has 0 radical (unpaired) electrons. The average molecular weight is 321 g/mol. The Balaban J connectivity index is 2.26. The van der Waals surface area contributed by atoms with E-state index in [1.807, 2.05) is 0 Å². The number of carbonyl (C=O) groups excluding carboxylic acids is 1. The molecular weight excluding hydrogens is 308 g/mol. The molecule has 0 unspecified atom stereocenters. The zero-order valence-corrected chi connectivity index (χ0v) is 11.4. The highest BCUT2D eigenvalue weighted by molar-refractivity contribution is 9.10. The summed E-state index contributed by atoms with van der Waals surface area (Å²) in [6.07, 6.45) is 1.51. The molecule has 92 valence electrons. The van der Waals surface area contributed by atoms with E-state index in [1.165, 1.54) is 12.1 Å². The molecule has 1 heterocycles. The summed E-state index contributed by atoms with van der Waals surface area (Å²) in [7, 11) is 0. The Labute approximate surface area is 113 Å². The average Bonchev–Trinajstić information content (AvgIpc) is 2.34. The Morgan fingerprint density at radius 1 is 1.41 bits per heavy atom. The van der Waals surface area contributed by atoms with Gasteiger partial charge in [0.25, 0.3) is 0 Å². The summed E-state index contributed by atoms with van der Waals surface area (Å²) >= 11 is 9.02. The van der Waals surface area contributed by atoms with Gasteiger partial charge in [0.15, 0.2) is 5.78 Å². The Bertz CT molecular complexity index is 446. The zero-order chi connectivity index (χ0) is 12.4. The minimum absolute atomic E-state index is 0.0945. The van der Waals surface area contributed by atoms with Gasteiger partial charge in [0.05, 0.1) is 10.6 Å². The SMILES string of the molecule is O=C(c1cc(Cl)c(Br)cc1F)C1CCNCC1. The van der Waals surface area contributed by atoms with Crippen molar-refractivity contribution in [2.75, 3.05) is 13.1 Å². The predicted molar refractivity (Wildman–Crippen MR) is 69.0 cm³/mol. The molecule has 1 aliphatic heterocycles. The van der Waals surface area contributed by atoms with E-state index in [1.54, 1.807) is 0 Å². The van der Waals surface area contributed by atoms with Gasteiger partial charge >= 0.3 is 0 Å². The smallest absolute Gasteiger partial charge is 0.169 e. The van der Waals surface area contributed by atoms with Gasteiger partial charge in [-0.05, 0) is 54.0 Å². The van der Waals surface area contributed by atoms with E-state index in [-0.39, 0.29) is 17.3 Å². The van der Waals surface area contributed by atoms with Crippen molar-refractivity contribution in [1.82, 2.24) is 5.32 Å². The van der Waals surface area contributed by atoms with Gasteiger partial charge in [-0.3, -0.25) is 4.79 Å². The zero-order valence-electron chi connectivity index (χ0n) is 9.10. The highest BCUT2D eigenvalue weighted by atomic mass is 79.9. The number of piperidine rings is 1. The van der Waals surface area contributed by atoms with Crippen LogP contribution in [-0.2, 0) is 0 Å². The Hall–Kier alpha value is -0.450. The van der Waals surface area contributed by atoms with Gasteiger partial charge in [-0.25, -0.2) is 4.39 Å². The Morgan fingerprint density at radius 3 is 2.71 bits per heavy atom. The molecule has 0 aromatic heterocycles. The maximum Gasteiger partial charge on any atom is 0.169 e. The lowest BCUT2D eigenvalue weighted by Crippen LogP contribution is -2.32. The molecule has 2 rings (SSSR count). The summed E-state index contributed by atoms with van der Waals surface area (Å²) < 4.78 is 14.2. The minimum Gasteiger partial charge on any atom is -0.317 e. The van der Waals surface area contributed by atoms with Gasteiger partial charge in [-0.1, -0.05) is 11.6 Å². The lowest BCUT2D eigenvalue weighted by Gasteiger charge is -2.21. The van der Waals surface area contributed by atoms with Gasteiger partial charge in [0.1, 0.15) is 5.82 Å². The molecule has 0 amide bonds. The topological polar surface area (TPSA) is 29.1 Å². The summed E-state index contributed by atoms with van der Waals surface area (Å²) in [5.41, 5.74) is 0.102. The van der Waals surface area contributed by atoms with Crippen molar-refractivity contribution in [3.63, 3.8) is 0 Å². The normalized spacial score (nSPS) is 17.1. The van der Waals surface area contributed by atoms with Crippen LogP contribution in [0, 0.1) is 11.7 Å². The van der Waals surface area contributed by atoms with Crippen molar-refractivity contribution in [3.05, 3.63) is 33.0 Å². The third-order valence-corrected chi connectivity index (χ3v) is 4.18. The standard InChI is InChI=1S/C12H12BrClFNO/c13-9-6-11(15)8(5-10(9)14)12(17)7-1-3-16-4-2-7/h5-7,16H,1-4H2. The van der Waals surface area contributed by atoms with Crippen LogP contribution in [0.5, 0.6) is 0 Å². The first kappa shape index (κ1) is 13.0. The number of rotatable bonds is 2. The number of ketones is 1. The number of nitrogens with one attached hydrogen (secondary N) is 1. The summed E-state index contributed by atoms with van der Waals surface area (Å²) in [4.78, 5) is 12.1. The summed E-state index contributed by atoms with van der Waals surface area (Å²) in [5.74, 6) is -0.744. The Morgan fingerprint density at radius 2 is 2.06 bits per heavy atom. The molecule has 1 fully saturated rings. The molecule has 1 aromatic carbocycles. The fourth-order valence-corrected chi connectivity index (χ4v) is 2.49. The predicted octanol–water partition coefficient (Wildman–Crippen LogP) is 3.42. The first-order chi connectivity index (χ1) is 8.09. The van der Waals surface area contributed by atoms with Crippen molar-refractivity contribution in [2.45, 2.75) is 12.8 Å². The molecule has 1 saturated heterocycles. The van der Waals surface area contributed by atoms with Crippen LogP contribution in [0.15, 0.2) is 16.6 Å². The quantitative estimate of drug-likeness (QED) is 0.668. The van der Waals surface area contributed by atoms with E-state index in [0.29, 0.717) is 9.50 Å². The second kappa shape index (κ2) is 5.46. The fraction of sp³-hybridized carbons (Fsp3) is 0.417. The van der Waals surface area contributed by atoms with E-state index in [0.717, 1.165) is 25.9 Å². The second-order valence-corrected chi connectivity index (χ2v) is 5.40. The number of halogens is 3. The minimum atomic E-state index is -0.509. The third kappa shape index (κ3) is 2.87. The van der Waals surface area contributed by atoms with Crippen LogP contribution in [-0.4, -0.2) is 18.9 Å². The van der Waals surface area contributed by atoms with Crippen molar-refractivity contribution < 1.29 is 9.18 Å². The molecule has 0 bridgehead atoms. The van der Waals surface area contributed by atoms with Crippen LogP contribution in [0.3, 0.4) is 0 Å². The second-order valence-electron chi connectivity index (χ2n) is 4.13. The van der Waals surface area contributed by atoms with Gasteiger partial charge in [-0.15, -0.1) is 0 Å². The fourth-order valence-electron chi connectivity index (χ4n) is 2.02. The molecule has 5 heteroatoms. The number of hydrogen-bond donors (Lipinski definition) is 1. The van der Waals surface area contributed by atoms with Crippen molar-refractivity contribution in [3.8, 4) is 0 Å². The molecular formula is C12H12BrClFNO. The number of carbonyl (C=O) groups is 1. The van der Waals surface area contributed by atoms with Crippen molar-refractivity contribution in [2.24, 2.45) is 5.92 Å². The molecule has 1 N–H and O–H groups in total. The largest absolute Gasteiger partial charge is 0.317 e. The molecule has 0 saturated carbocycles. The van der Waals surface area contributed by atoms with Gasteiger partial charge < -0.3 is 5.32 Å². The van der Waals surface area contributed by atoms with Crippen LogP contribution in [0.4, 0.5) is 4.39 Å². The lowest BCUT2D eigenvalue weighted by atomic mass is 9.89. The summed E-state index contributed by atoms with van der Waals surface area (Å²) in [6, 6.07) is 2.65. The highest BCUT2D eigenvalue weighted by Gasteiger charge is 2.25. The molecule has 17 heavy (non-hydrogen) atoms. The first-order valence-corrected chi connectivity index (χ1v) is 6.66. The molecule has 1 aromatic rings. The summed E-state index contributed by atoms with van der Waals surface area (Å²) in [6.45, 7) is 1.62. The first-order valence-electron chi connectivity index (χ1n) is 5.49. The maximum absolute atomic E-state index is 13.7. The van der Waals surface area contributed by atoms with Gasteiger partial charge in [-0.2, -0.15) is 0 Å². The maximum atomic E-state index is 13.7. The number of Topliss-reactive ketones (excluding diaryl/α,β-unsaturated/α-hetero) is 1. The van der Waals surface area contributed by atoms with Gasteiger partial charge in [0, 0.05) is 10.4 Å². The van der Waals surface area contributed by atoms with E-state index in [4.69, 9.17) is 11.6 Å². The van der Waals surface area contributed by atoms with Crippen LogP contribution in [0.1, 0.15) is 23.2 Å². The van der Waals surface area contributed by atoms with E-state index >= 15 is 0 Å². The van der Waals surface area contributed by atoms with Crippen molar-refractivity contribution >= 4 is 33.3 Å². The summed E-state index contributed by atoms with van der Waals surface area (Å²) in [5, 5.41) is 3.54. The number of hydrogen-bond acceptors (Lipinski definition) is 2. The highest BCUT2D eigenvalue weighted by Crippen LogP contribution is 2.28. The molecule has 1 aliphatic rings. The monoisotopic (exact) mass is 319 g/mol. The van der Waals surface area contributed by atoms with E-state index < -0.39 is 5.82 Å². The van der Waals surface area contributed by atoms with E-state index in [2.05, 4.69) is 21.2 Å². The van der Waals surface area contributed by atoms with E-state index in [9.17, 15) is 9.18 Å². The van der Waals surface area contributed by atoms with Crippen molar-refractivity contribution in [1.29, 1.82) is 0 Å². The molecule has 0 spiro atoms. The third-order valence-electron chi connectivity index (χ3n) is 2.99. The molecule has 2 nitrogen and oxygen atoms in total. The van der Waals surface area contributed by atoms with Crippen LogP contribution >= 0.6 is 27.5 Å². The van der Waals surface area contributed by atoms with Gasteiger partial charge in [0.2, 0.25) is 0 Å². The number of benzene rings is 1. The Kier molecular flexibility index (Phi) is 4.17. The molecule has 0 atom stereocenters. The lowest BCUT2D eigenvalue weighted by molar-refractivity contribution is 0.0891. The van der Waals surface area contributed by atoms with Crippen LogP contribution < -0.4 is 5.32 Å². The van der Waals surface area contributed by atoms with Crippen LogP contribution in [0.2, 0.25) is 5.02 Å². The van der Waals surface area contributed by atoms with Crippen LogP contribution in [0.25, 0.3) is 0 Å².